The van der Waals surface area contributed by atoms with Crippen LogP contribution in [-0.2, 0) is 14.4 Å². The van der Waals surface area contributed by atoms with E-state index in [1.165, 1.54) is 4.90 Å². The predicted molar refractivity (Wildman–Crippen MR) is 55.8 cm³/mol. The van der Waals surface area contributed by atoms with E-state index in [1.807, 2.05) is 6.92 Å². The topological polar surface area (TPSA) is 58.6 Å². The van der Waals surface area contributed by atoms with Crippen molar-refractivity contribution in [2.75, 3.05) is 25.0 Å². The van der Waals surface area contributed by atoms with E-state index in [0.29, 0.717) is 13.2 Å². The number of hydrogen-bond donors (Lipinski definition) is 1. The quantitative estimate of drug-likeness (QED) is 0.556. The number of nitrogens with one attached hydrogen (secondary N) is 1. The summed E-state index contributed by atoms with van der Waals surface area (Å²) in [5.41, 5.74) is 2.23. The van der Waals surface area contributed by atoms with E-state index >= 15 is 0 Å². The van der Waals surface area contributed by atoms with Crippen molar-refractivity contribution in [1.29, 1.82) is 0 Å². The first-order chi connectivity index (χ1) is 6.65. The molecule has 0 bridgehead atoms. The van der Waals surface area contributed by atoms with E-state index < -0.39 is 0 Å². The molecular formula is C8H15BrN2O3. The number of likely N-dealkylation sites (N-methyl/N-ethyl adjacent to an activating group) is 1. The zero-order valence-electron chi connectivity index (χ0n) is 8.38. The number of rotatable bonds is 6. The third-order valence-electron chi connectivity index (χ3n) is 1.51. The molecule has 0 unspecified atom stereocenters. The highest BCUT2D eigenvalue weighted by atomic mass is 79.9. The first-order valence-corrected chi connectivity index (χ1v) is 5.52. The Labute approximate surface area is 91.9 Å². The van der Waals surface area contributed by atoms with Crippen LogP contribution in [0.1, 0.15) is 13.8 Å². The van der Waals surface area contributed by atoms with Crippen LogP contribution in [0.15, 0.2) is 0 Å². The molecule has 0 radical (unpaired) electrons. The third-order valence-corrected chi connectivity index (χ3v) is 1.99. The molecule has 0 atom stereocenters. The maximum atomic E-state index is 11.2. The molecule has 0 aliphatic heterocycles. The molecule has 0 fully saturated rings. The Bertz CT molecular complexity index is 199. The van der Waals surface area contributed by atoms with Gasteiger partial charge in [0.05, 0.1) is 11.9 Å². The molecule has 0 heterocycles. The van der Waals surface area contributed by atoms with Crippen LogP contribution in [0.3, 0.4) is 0 Å². The maximum absolute atomic E-state index is 11.2. The first-order valence-electron chi connectivity index (χ1n) is 4.40. The molecule has 1 N–H and O–H groups in total. The van der Waals surface area contributed by atoms with Crippen LogP contribution in [0, 0.1) is 0 Å². The van der Waals surface area contributed by atoms with Gasteiger partial charge in [0.25, 0.3) is 5.91 Å². The summed E-state index contributed by atoms with van der Waals surface area (Å²) in [7, 11) is 0. The van der Waals surface area contributed by atoms with Crippen molar-refractivity contribution in [3.8, 4) is 0 Å². The molecular weight excluding hydrogens is 252 g/mol. The van der Waals surface area contributed by atoms with Gasteiger partial charge in [-0.25, -0.2) is 5.48 Å². The normalized spacial score (nSPS) is 9.64. The van der Waals surface area contributed by atoms with Crippen LogP contribution in [0.25, 0.3) is 0 Å². The molecule has 2 amide bonds. The molecule has 0 saturated carbocycles. The lowest BCUT2D eigenvalue weighted by molar-refractivity contribution is -0.140. The average Bonchev–Trinajstić information content (AvgIpc) is 2.21. The molecule has 0 rings (SSSR count). The highest BCUT2D eigenvalue weighted by Crippen LogP contribution is 1.93. The molecule has 82 valence electrons. The van der Waals surface area contributed by atoms with Crippen molar-refractivity contribution in [2.45, 2.75) is 13.8 Å². The van der Waals surface area contributed by atoms with Crippen molar-refractivity contribution in [2.24, 2.45) is 0 Å². The Morgan fingerprint density at radius 3 is 2.50 bits per heavy atom. The maximum Gasteiger partial charge on any atom is 0.263 e. The van der Waals surface area contributed by atoms with E-state index in [9.17, 15) is 9.59 Å². The highest BCUT2D eigenvalue weighted by molar-refractivity contribution is 9.09. The Balaban J connectivity index is 3.92. The highest BCUT2D eigenvalue weighted by Gasteiger charge is 2.13. The van der Waals surface area contributed by atoms with Gasteiger partial charge >= 0.3 is 0 Å². The summed E-state index contributed by atoms with van der Waals surface area (Å²) < 4.78 is 0. The van der Waals surface area contributed by atoms with Gasteiger partial charge in [0, 0.05) is 6.54 Å². The van der Waals surface area contributed by atoms with Crippen LogP contribution in [-0.4, -0.2) is 41.7 Å². The fraction of sp³-hybridized carbons (Fsp3) is 0.750. The van der Waals surface area contributed by atoms with E-state index in [2.05, 4.69) is 21.4 Å². The number of amides is 2. The summed E-state index contributed by atoms with van der Waals surface area (Å²) in [6.45, 7) is 4.52. The minimum Gasteiger partial charge on any atom is -0.333 e. The van der Waals surface area contributed by atoms with E-state index in [-0.39, 0.29) is 23.7 Å². The Morgan fingerprint density at radius 2 is 2.07 bits per heavy atom. The standard InChI is InChI=1S/C8H15BrN2O3/c1-3-11(8(13)5-9)6-7(12)10-14-4-2/h3-6H2,1-2H3,(H,10,12). The number of alkyl halides is 1. The minimum absolute atomic E-state index is 0.0287. The molecule has 0 aromatic heterocycles. The van der Waals surface area contributed by atoms with Gasteiger partial charge in [0.1, 0.15) is 6.54 Å². The Morgan fingerprint density at radius 1 is 1.43 bits per heavy atom. The molecule has 0 saturated heterocycles. The molecule has 0 aromatic rings. The van der Waals surface area contributed by atoms with E-state index in [0.717, 1.165) is 0 Å². The summed E-state index contributed by atoms with van der Waals surface area (Å²) >= 11 is 3.04. The monoisotopic (exact) mass is 266 g/mol. The summed E-state index contributed by atoms with van der Waals surface area (Å²) in [4.78, 5) is 28.5. The van der Waals surface area contributed by atoms with Crippen LogP contribution in [0.2, 0.25) is 0 Å². The van der Waals surface area contributed by atoms with Crippen LogP contribution in [0.5, 0.6) is 0 Å². The summed E-state index contributed by atoms with van der Waals surface area (Å²) in [5.74, 6) is -0.429. The van der Waals surface area contributed by atoms with Gasteiger partial charge in [-0.3, -0.25) is 14.4 Å². The van der Waals surface area contributed by atoms with Crippen molar-refractivity contribution < 1.29 is 14.4 Å². The minimum atomic E-state index is -0.317. The number of hydroxylamine groups is 1. The van der Waals surface area contributed by atoms with Gasteiger partial charge in [-0.05, 0) is 13.8 Å². The second kappa shape index (κ2) is 7.75. The zero-order valence-corrected chi connectivity index (χ0v) is 9.96. The van der Waals surface area contributed by atoms with Gasteiger partial charge in [-0.2, -0.15) is 0 Å². The van der Waals surface area contributed by atoms with E-state index in [4.69, 9.17) is 4.84 Å². The second-order valence-corrected chi connectivity index (χ2v) is 3.06. The Kier molecular flexibility index (Phi) is 7.41. The SMILES string of the molecule is CCONC(=O)CN(CC)C(=O)CBr. The summed E-state index contributed by atoms with van der Waals surface area (Å²) in [6, 6.07) is 0. The van der Waals surface area contributed by atoms with Crippen molar-refractivity contribution in [3.63, 3.8) is 0 Å². The van der Waals surface area contributed by atoms with Gasteiger partial charge in [-0.15, -0.1) is 0 Å². The van der Waals surface area contributed by atoms with Crippen LogP contribution < -0.4 is 5.48 Å². The Hall–Kier alpha value is -0.620. The molecule has 0 aliphatic rings. The lowest BCUT2D eigenvalue weighted by atomic mass is 10.4. The lowest BCUT2D eigenvalue weighted by Crippen LogP contribution is -2.41. The number of carbonyl (C=O) groups is 2. The van der Waals surface area contributed by atoms with E-state index in [1.54, 1.807) is 6.92 Å². The fourth-order valence-corrected chi connectivity index (χ4v) is 1.17. The summed E-state index contributed by atoms with van der Waals surface area (Å²) in [6.07, 6.45) is 0. The lowest BCUT2D eigenvalue weighted by Gasteiger charge is -2.18. The third kappa shape index (κ3) is 5.18. The molecule has 0 spiro atoms. The first kappa shape index (κ1) is 13.4. The van der Waals surface area contributed by atoms with Crippen molar-refractivity contribution in [3.05, 3.63) is 0 Å². The number of hydrogen-bond acceptors (Lipinski definition) is 3. The summed E-state index contributed by atoms with van der Waals surface area (Å²) in [5, 5.41) is 0.225. The largest absolute Gasteiger partial charge is 0.333 e. The van der Waals surface area contributed by atoms with Crippen molar-refractivity contribution >= 4 is 27.7 Å². The second-order valence-electron chi connectivity index (χ2n) is 2.50. The number of carbonyl (C=O) groups excluding carboxylic acids is 2. The van der Waals surface area contributed by atoms with Crippen LogP contribution in [0.4, 0.5) is 0 Å². The smallest absolute Gasteiger partial charge is 0.263 e. The predicted octanol–water partition coefficient (Wildman–Crippen LogP) is 0.298. The number of halogens is 1. The average molecular weight is 267 g/mol. The fourth-order valence-electron chi connectivity index (χ4n) is 0.819. The van der Waals surface area contributed by atoms with Gasteiger partial charge in [0.2, 0.25) is 5.91 Å². The van der Waals surface area contributed by atoms with Gasteiger partial charge in [0.15, 0.2) is 0 Å². The molecule has 14 heavy (non-hydrogen) atoms. The molecule has 5 nitrogen and oxygen atoms in total. The van der Waals surface area contributed by atoms with Crippen LogP contribution >= 0.6 is 15.9 Å². The molecule has 0 aromatic carbocycles. The molecule has 0 aliphatic carbocycles. The molecule has 6 heteroatoms. The van der Waals surface area contributed by atoms with Gasteiger partial charge < -0.3 is 4.90 Å². The number of nitrogens with zero attached hydrogens (tertiary/aromatic N) is 1. The van der Waals surface area contributed by atoms with Crippen molar-refractivity contribution in [1.82, 2.24) is 10.4 Å². The van der Waals surface area contributed by atoms with Gasteiger partial charge in [-0.1, -0.05) is 15.9 Å². The zero-order chi connectivity index (χ0) is 11.0.